The zero-order valence-electron chi connectivity index (χ0n) is 23.3. The van der Waals surface area contributed by atoms with Crippen molar-refractivity contribution in [2.24, 2.45) is 0 Å². The second kappa shape index (κ2) is 14.8. The molecule has 11 heteroatoms. The summed E-state index contributed by atoms with van der Waals surface area (Å²) < 4.78 is 45.9. The quantitative estimate of drug-likeness (QED) is 0.267. The molecule has 0 spiro atoms. The Kier molecular flexibility index (Phi) is 11.5. The summed E-state index contributed by atoms with van der Waals surface area (Å²) in [4.78, 5) is 29.0. The Balaban J connectivity index is 2.07. The van der Waals surface area contributed by atoms with Crippen molar-refractivity contribution in [3.05, 3.63) is 94.8 Å². The number of methoxy groups -OCH3 is 1. The Hall–Kier alpha value is -3.63. The van der Waals surface area contributed by atoms with E-state index < -0.39 is 34.3 Å². The first kappa shape index (κ1) is 31.9. The van der Waals surface area contributed by atoms with Gasteiger partial charge in [-0.3, -0.25) is 13.9 Å². The lowest BCUT2D eigenvalue weighted by Crippen LogP contribution is -2.53. The van der Waals surface area contributed by atoms with Crippen LogP contribution in [-0.2, 0) is 32.6 Å². The number of carbonyl (C=O) groups is 2. The predicted octanol–water partition coefficient (Wildman–Crippen LogP) is 4.81. The van der Waals surface area contributed by atoms with Crippen LogP contribution in [0.25, 0.3) is 0 Å². The number of nitrogens with zero attached hydrogens (tertiary/aromatic N) is 2. The lowest BCUT2D eigenvalue weighted by Gasteiger charge is -2.33. The maximum absolute atomic E-state index is 14.1. The van der Waals surface area contributed by atoms with Crippen LogP contribution in [0.4, 0.5) is 10.1 Å². The number of amides is 2. The molecule has 0 fully saturated rings. The fourth-order valence-corrected chi connectivity index (χ4v) is 5.31. The summed E-state index contributed by atoms with van der Waals surface area (Å²) in [6, 6.07) is 18.3. The van der Waals surface area contributed by atoms with Crippen molar-refractivity contribution in [3.8, 4) is 5.75 Å². The maximum Gasteiger partial charge on any atom is 0.244 e. The molecule has 8 nitrogen and oxygen atoms in total. The highest BCUT2D eigenvalue weighted by Crippen LogP contribution is 2.33. The molecule has 0 aliphatic heterocycles. The number of rotatable bonds is 14. The van der Waals surface area contributed by atoms with Gasteiger partial charge in [0.2, 0.25) is 21.8 Å². The monoisotopic (exact) mass is 603 g/mol. The molecule has 0 aromatic heterocycles. The number of carbonyl (C=O) groups excluding carboxylic acids is 2. The van der Waals surface area contributed by atoms with Gasteiger partial charge in [0.1, 0.15) is 24.2 Å². The normalized spacial score (nSPS) is 11.9. The molecule has 0 aliphatic rings. The lowest BCUT2D eigenvalue weighted by molar-refractivity contribution is -0.140. The fourth-order valence-electron chi connectivity index (χ4n) is 4.30. The van der Waals surface area contributed by atoms with Gasteiger partial charge in [-0.1, -0.05) is 67.4 Å². The Morgan fingerprint density at radius 3 is 2.32 bits per heavy atom. The molecule has 3 aromatic carbocycles. The third-order valence-corrected chi connectivity index (χ3v) is 7.82. The third kappa shape index (κ3) is 9.19. The Labute approximate surface area is 246 Å². The summed E-state index contributed by atoms with van der Waals surface area (Å²) in [5.41, 5.74) is 1.48. The average Bonchev–Trinajstić information content (AvgIpc) is 2.94. The van der Waals surface area contributed by atoms with Gasteiger partial charge in [-0.2, -0.15) is 0 Å². The molecule has 0 heterocycles. The van der Waals surface area contributed by atoms with Crippen LogP contribution in [0.3, 0.4) is 0 Å². The summed E-state index contributed by atoms with van der Waals surface area (Å²) >= 11 is 6.17. The number of unbranched alkanes of at least 4 members (excludes halogenated alkanes) is 1. The van der Waals surface area contributed by atoms with Gasteiger partial charge in [-0.25, -0.2) is 12.8 Å². The number of hydrogen-bond donors (Lipinski definition) is 1. The van der Waals surface area contributed by atoms with Gasteiger partial charge >= 0.3 is 0 Å². The summed E-state index contributed by atoms with van der Waals surface area (Å²) in [6.07, 6.45) is 2.79. The summed E-state index contributed by atoms with van der Waals surface area (Å²) in [6.45, 7) is 1.75. The van der Waals surface area contributed by atoms with Crippen molar-refractivity contribution >= 4 is 39.1 Å². The first-order chi connectivity index (χ1) is 19.5. The Morgan fingerprint density at radius 2 is 1.71 bits per heavy atom. The fraction of sp³-hybridized carbons (Fsp3) is 0.333. The molecule has 3 aromatic rings. The number of halogens is 2. The van der Waals surface area contributed by atoms with E-state index in [9.17, 15) is 22.4 Å². The van der Waals surface area contributed by atoms with E-state index in [1.54, 1.807) is 6.07 Å². The van der Waals surface area contributed by atoms with Crippen molar-refractivity contribution in [1.29, 1.82) is 0 Å². The van der Waals surface area contributed by atoms with Crippen LogP contribution in [0.15, 0.2) is 72.8 Å². The second-order valence-corrected chi connectivity index (χ2v) is 11.9. The number of sulfonamides is 1. The molecule has 0 radical (unpaired) electrons. The molecule has 2 amide bonds. The number of hydrogen-bond acceptors (Lipinski definition) is 5. The van der Waals surface area contributed by atoms with Crippen LogP contribution < -0.4 is 14.4 Å². The van der Waals surface area contributed by atoms with Crippen molar-refractivity contribution in [2.75, 3.05) is 30.8 Å². The van der Waals surface area contributed by atoms with E-state index in [1.165, 1.54) is 48.4 Å². The predicted molar refractivity (Wildman–Crippen MR) is 159 cm³/mol. The standard InChI is InChI=1S/C30H35ClFN3O5S/c1-4-5-17-33-30(37)27(18-22-9-7-6-8-10-22)34(20-23-11-14-25(32)15-12-23)29(36)21-35(41(3,38)39)26-19-24(31)13-16-28(26)40-2/h6-16,19,27H,4-5,17-18,20-21H2,1-3H3,(H,33,37). The van der Waals surface area contributed by atoms with Crippen molar-refractivity contribution < 1.29 is 27.1 Å². The first-order valence-corrected chi connectivity index (χ1v) is 15.4. The summed E-state index contributed by atoms with van der Waals surface area (Å²) in [5, 5.41) is 3.17. The Morgan fingerprint density at radius 1 is 1.02 bits per heavy atom. The van der Waals surface area contributed by atoms with Crippen molar-refractivity contribution in [2.45, 2.75) is 38.8 Å². The van der Waals surface area contributed by atoms with Crippen LogP contribution in [0, 0.1) is 5.82 Å². The Bertz CT molecular complexity index is 1420. The maximum atomic E-state index is 14.1. The third-order valence-electron chi connectivity index (χ3n) is 6.46. The average molecular weight is 604 g/mol. The van der Waals surface area contributed by atoms with Crippen LogP contribution in [-0.4, -0.2) is 57.6 Å². The second-order valence-electron chi connectivity index (χ2n) is 9.58. The van der Waals surface area contributed by atoms with Crippen LogP contribution in [0.1, 0.15) is 30.9 Å². The molecule has 0 bridgehead atoms. The minimum absolute atomic E-state index is 0.0535. The molecule has 0 saturated heterocycles. The van der Waals surface area contributed by atoms with E-state index in [1.807, 2.05) is 37.3 Å². The molecular weight excluding hydrogens is 569 g/mol. The topological polar surface area (TPSA) is 96.0 Å². The van der Waals surface area contributed by atoms with E-state index >= 15 is 0 Å². The molecule has 1 N–H and O–H groups in total. The molecular formula is C30H35ClFN3O5S. The van der Waals surface area contributed by atoms with Gasteiger partial charge in [0.05, 0.1) is 19.1 Å². The number of ether oxygens (including phenoxy) is 1. The van der Waals surface area contributed by atoms with E-state index in [-0.39, 0.29) is 35.3 Å². The number of nitrogens with one attached hydrogen (secondary N) is 1. The van der Waals surface area contributed by atoms with E-state index in [0.29, 0.717) is 12.1 Å². The molecule has 3 rings (SSSR count). The summed E-state index contributed by atoms with van der Waals surface area (Å²) in [7, 11) is -2.62. The van der Waals surface area contributed by atoms with Gasteiger partial charge in [0.15, 0.2) is 0 Å². The molecule has 0 aliphatic carbocycles. The van der Waals surface area contributed by atoms with Crippen LogP contribution in [0.5, 0.6) is 5.75 Å². The molecule has 1 atom stereocenters. The highest BCUT2D eigenvalue weighted by molar-refractivity contribution is 7.92. The summed E-state index contributed by atoms with van der Waals surface area (Å²) in [5.74, 6) is -1.24. The zero-order valence-corrected chi connectivity index (χ0v) is 24.9. The minimum atomic E-state index is -4.00. The largest absolute Gasteiger partial charge is 0.495 e. The highest BCUT2D eigenvalue weighted by Gasteiger charge is 2.33. The highest BCUT2D eigenvalue weighted by atomic mass is 35.5. The molecule has 41 heavy (non-hydrogen) atoms. The van der Waals surface area contributed by atoms with Crippen molar-refractivity contribution in [1.82, 2.24) is 10.2 Å². The van der Waals surface area contributed by atoms with E-state index in [4.69, 9.17) is 16.3 Å². The molecule has 0 saturated carbocycles. The SMILES string of the molecule is CCCCNC(=O)C(Cc1ccccc1)N(Cc1ccc(F)cc1)C(=O)CN(c1cc(Cl)ccc1OC)S(C)(=O)=O. The van der Waals surface area contributed by atoms with Crippen LogP contribution in [0.2, 0.25) is 5.02 Å². The van der Waals surface area contributed by atoms with E-state index in [0.717, 1.165) is 29.0 Å². The van der Waals surface area contributed by atoms with Gasteiger partial charge in [-0.15, -0.1) is 0 Å². The number of anilines is 1. The molecule has 220 valence electrons. The van der Waals surface area contributed by atoms with Gasteiger partial charge in [0.25, 0.3) is 0 Å². The smallest absolute Gasteiger partial charge is 0.244 e. The minimum Gasteiger partial charge on any atom is -0.495 e. The zero-order chi connectivity index (χ0) is 30.0. The van der Waals surface area contributed by atoms with E-state index in [2.05, 4.69) is 5.32 Å². The van der Waals surface area contributed by atoms with Gasteiger partial charge < -0.3 is 15.0 Å². The lowest BCUT2D eigenvalue weighted by atomic mass is 10.0. The van der Waals surface area contributed by atoms with Gasteiger partial charge in [-0.05, 0) is 47.9 Å². The van der Waals surface area contributed by atoms with Crippen molar-refractivity contribution in [3.63, 3.8) is 0 Å². The van der Waals surface area contributed by atoms with Crippen LogP contribution >= 0.6 is 11.6 Å². The molecule has 1 unspecified atom stereocenters. The first-order valence-electron chi connectivity index (χ1n) is 13.2. The van der Waals surface area contributed by atoms with Gasteiger partial charge in [0, 0.05) is 24.5 Å². The number of benzene rings is 3.